The molecule has 0 fully saturated rings. The molecule has 1 amide bonds. The minimum absolute atomic E-state index is 0.00165. The third-order valence-corrected chi connectivity index (χ3v) is 3.79. The second-order valence-electron chi connectivity index (χ2n) is 4.04. The largest absolute Gasteiger partial charge is 0.397 e. The Morgan fingerprint density at radius 1 is 1.44 bits per heavy atom. The minimum Gasteiger partial charge on any atom is -0.397 e. The lowest BCUT2D eigenvalue weighted by Gasteiger charge is -2.06. The SMILES string of the molecule is CCCCCSCC(=O)Nc1ccc(Cl)c(N)c1. The van der Waals surface area contributed by atoms with E-state index in [4.69, 9.17) is 17.3 Å². The van der Waals surface area contributed by atoms with Gasteiger partial charge in [0.1, 0.15) is 0 Å². The highest BCUT2D eigenvalue weighted by Crippen LogP contribution is 2.22. The summed E-state index contributed by atoms with van der Waals surface area (Å²) in [5.74, 6) is 1.51. The molecule has 0 atom stereocenters. The van der Waals surface area contributed by atoms with Gasteiger partial charge in [-0.15, -0.1) is 0 Å². The van der Waals surface area contributed by atoms with Gasteiger partial charge in [0, 0.05) is 5.69 Å². The molecular weight excluding hydrogens is 268 g/mol. The Hall–Kier alpha value is -0.870. The zero-order valence-electron chi connectivity index (χ0n) is 10.5. The summed E-state index contributed by atoms with van der Waals surface area (Å²) in [5.41, 5.74) is 6.83. The number of nitrogens with two attached hydrogens (primary N) is 1. The van der Waals surface area contributed by atoms with Crippen LogP contribution in [0.15, 0.2) is 18.2 Å². The fourth-order valence-corrected chi connectivity index (χ4v) is 2.37. The lowest BCUT2D eigenvalue weighted by molar-refractivity contribution is -0.113. The highest BCUT2D eigenvalue weighted by molar-refractivity contribution is 7.99. The smallest absolute Gasteiger partial charge is 0.234 e. The fraction of sp³-hybridized carbons (Fsp3) is 0.462. The first kappa shape index (κ1) is 15.2. The van der Waals surface area contributed by atoms with E-state index in [0.717, 1.165) is 5.75 Å². The van der Waals surface area contributed by atoms with Crippen LogP contribution >= 0.6 is 23.4 Å². The monoisotopic (exact) mass is 286 g/mol. The number of halogens is 1. The molecular formula is C13H19ClN2OS. The Kier molecular flexibility index (Phi) is 6.98. The summed E-state index contributed by atoms with van der Waals surface area (Å²) in [6.45, 7) is 2.17. The number of rotatable bonds is 7. The summed E-state index contributed by atoms with van der Waals surface area (Å²) >= 11 is 7.47. The van der Waals surface area contributed by atoms with Crippen molar-refractivity contribution in [3.8, 4) is 0 Å². The molecule has 0 bridgehead atoms. The number of nitrogens with one attached hydrogen (secondary N) is 1. The molecule has 0 saturated heterocycles. The number of hydrogen-bond acceptors (Lipinski definition) is 3. The van der Waals surface area contributed by atoms with Crippen molar-refractivity contribution in [2.75, 3.05) is 22.6 Å². The normalized spacial score (nSPS) is 10.3. The van der Waals surface area contributed by atoms with Crippen molar-refractivity contribution in [1.82, 2.24) is 0 Å². The van der Waals surface area contributed by atoms with Gasteiger partial charge < -0.3 is 11.1 Å². The summed E-state index contributed by atoms with van der Waals surface area (Å²) in [7, 11) is 0. The minimum atomic E-state index is -0.00165. The van der Waals surface area contributed by atoms with Crippen molar-refractivity contribution < 1.29 is 4.79 Å². The topological polar surface area (TPSA) is 55.1 Å². The van der Waals surface area contributed by atoms with Gasteiger partial charge in [0.2, 0.25) is 5.91 Å². The Morgan fingerprint density at radius 3 is 2.89 bits per heavy atom. The van der Waals surface area contributed by atoms with Crippen molar-refractivity contribution in [2.45, 2.75) is 26.2 Å². The Labute approximate surface area is 117 Å². The molecule has 1 aromatic carbocycles. The molecule has 1 rings (SSSR count). The third-order valence-electron chi connectivity index (χ3n) is 2.41. The Balaban J connectivity index is 2.29. The van der Waals surface area contributed by atoms with Crippen molar-refractivity contribution in [1.29, 1.82) is 0 Å². The van der Waals surface area contributed by atoms with Crippen molar-refractivity contribution in [2.24, 2.45) is 0 Å². The van der Waals surface area contributed by atoms with Crippen molar-refractivity contribution in [3.05, 3.63) is 23.2 Å². The number of thioether (sulfide) groups is 1. The Morgan fingerprint density at radius 2 is 2.22 bits per heavy atom. The Bertz CT molecular complexity index is 399. The van der Waals surface area contributed by atoms with Crippen LogP contribution in [0.1, 0.15) is 26.2 Å². The predicted octanol–water partition coefficient (Wildman–Crippen LogP) is 3.78. The summed E-state index contributed by atoms with van der Waals surface area (Å²) in [6, 6.07) is 5.10. The maximum atomic E-state index is 11.6. The number of hydrogen-bond donors (Lipinski definition) is 2. The van der Waals surface area contributed by atoms with E-state index in [-0.39, 0.29) is 5.91 Å². The van der Waals surface area contributed by atoms with Crippen LogP contribution in [-0.4, -0.2) is 17.4 Å². The number of nitrogen functional groups attached to an aromatic ring is 1. The van der Waals surface area contributed by atoms with E-state index in [2.05, 4.69) is 12.2 Å². The summed E-state index contributed by atoms with van der Waals surface area (Å²) in [4.78, 5) is 11.6. The number of anilines is 2. The maximum absolute atomic E-state index is 11.6. The van der Waals surface area contributed by atoms with Gasteiger partial charge in [-0.05, 0) is 30.4 Å². The molecule has 0 radical (unpaired) electrons. The van der Waals surface area contributed by atoms with Gasteiger partial charge in [-0.25, -0.2) is 0 Å². The highest BCUT2D eigenvalue weighted by Gasteiger charge is 2.04. The lowest BCUT2D eigenvalue weighted by atomic mass is 10.3. The van der Waals surface area contributed by atoms with Gasteiger partial charge in [0.25, 0.3) is 0 Å². The lowest BCUT2D eigenvalue weighted by Crippen LogP contribution is -2.14. The molecule has 0 unspecified atom stereocenters. The van der Waals surface area contributed by atoms with Gasteiger partial charge in [-0.3, -0.25) is 4.79 Å². The molecule has 0 heterocycles. The van der Waals surface area contributed by atoms with Gasteiger partial charge in [0.15, 0.2) is 0 Å². The molecule has 0 spiro atoms. The third kappa shape index (κ3) is 5.65. The van der Waals surface area contributed by atoms with E-state index in [1.54, 1.807) is 30.0 Å². The average molecular weight is 287 g/mol. The molecule has 0 saturated carbocycles. The van der Waals surface area contributed by atoms with Crippen LogP contribution in [0.5, 0.6) is 0 Å². The van der Waals surface area contributed by atoms with Crippen LogP contribution in [0.25, 0.3) is 0 Å². The number of benzene rings is 1. The molecule has 0 aliphatic heterocycles. The van der Waals surface area contributed by atoms with E-state index in [1.807, 2.05) is 0 Å². The summed E-state index contributed by atoms with van der Waals surface area (Å²) in [6.07, 6.45) is 3.60. The van der Waals surface area contributed by atoms with E-state index >= 15 is 0 Å². The molecule has 1 aromatic rings. The second kappa shape index (κ2) is 8.27. The molecule has 0 aromatic heterocycles. The quantitative estimate of drug-likeness (QED) is 0.592. The number of amides is 1. The first-order valence-corrected chi connectivity index (χ1v) is 7.59. The fourth-order valence-electron chi connectivity index (χ4n) is 1.44. The van der Waals surface area contributed by atoms with Crippen LogP contribution in [0.4, 0.5) is 11.4 Å². The zero-order valence-corrected chi connectivity index (χ0v) is 12.1. The van der Waals surface area contributed by atoms with E-state index < -0.39 is 0 Å². The first-order valence-electron chi connectivity index (χ1n) is 6.06. The summed E-state index contributed by atoms with van der Waals surface area (Å²) < 4.78 is 0. The number of carbonyl (C=O) groups excluding carboxylic acids is 1. The second-order valence-corrected chi connectivity index (χ2v) is 5.56. The van der Waals surface area contributed by atoms with E-state index in [9.17, 15) is 4.79 Å². The van der Waals surface area contributed by atoms with Crippen LogP contribution in [0.2, 0.25) is 5.02 Å². The molecule has 5 heteroatoms. The molecule has 3 N–H and O–H groups in total. The van der Waals surface area contributed by atoms with Crippen molar-refractivity contribution in [3.63, 3.8) is 0 Å². The highest BCUT2D eigenvalue weighted by atomic mass is 35.5. The summed E-state index contributed by atoms with van der Waals surface area (Å²) in [5, 5.41) is 3.30. The molecule has 0 aliphatic carbocycles. The number of unbranched alkanes of at least 4 members (excludes halogenated alkanes) is 2. The molecule has 0 aliphatic rings. The van der Waals surface area contributed by atoms with Gasteiger partial charge in [-0.1, -0.05) is 31.4 Å². The van der Waals surface area contributed by atoms with Crippen molar-refractivity contribution >= 4 is 40.6 Å². The van der Waals surface area contributed by atoms with Gasteiger partial charge in [0.05, 0.1) is 16.5 Å². The van der Waals surface area contributed by atoms with Crippen LogP contribution in [0.3, 0.4) is 0 Å². The van der Waals surface area contributed by atoms with E-state index in [0.29, 0.717) is 22.2 Å². The van der Waals surface area contributed by atoms with E-state index in [1.165, 1.54) is 19.3 Å². The number of carbonyl (C=O) groups is 1. The molecule has 100 valence electrons. The predicted molar refractivity (Wildman–Crippen MR) is 81.3 cm³/mol. The van der Waals surface area contributed by atoms with Gasteiger partial charge >= 0.3 is 0 Å². The average Bonchev–Trinajstić information content (AvgIpc) is 2.34. The first-order chi connectivity index (χ1) is 8.63. The molecule has 18 heavy (non-hydrogen) atoms. The van der Waals surface area contributed by atoms with Crippen LogP contribution in [-0.2, 0) is 4.79 Å². The molecule has 3 nitrogen and oxygen atoms in total. The van der Waals surface area contributed by atoms with Crippen LogP contribution < -0.4 is 11.1 Å². The standard InChI is InChI=1S/C13H19ClN2OS/c1-2-3-4-7-18-9-13(17)16-10-5-6-11(14)12(15)8-10/h5-6,8H,2-4,7,9,15H2,1H3,(H,16,17). The zero-order chi connectivity index (χ0) is 13.4. The van der Waals surface area contributed by atoms with Crippen LogP contribution in [0, 0.1) is 0 Å². The van der Waals surface area contributed by atoms with Gasteiger partial charge in [-0.2, -0.15) is 11.8 Å². The maximum Gasteiger partial charge on any atom is 0.234 e.